The van der Waals surface area contributed by atoms with Crippen LogP contribution in [0, 0.1) is 5.41 Å². The van der Waals surface area contributed by atoms with Crippen molar-refractivity contribution in [3.63, 3.8) is 0 Å². The van der Waals surface area contributed by atoms with Crippen molar-refractivity contribution in [2.24, 2.45) is 5.73 Å². The first-order valence-electron chi connectivity index (χ1n) is 6.74. The molecule has 1 aromatic rings. The maximum atomic E-state index is 11.6. The number of nitrogens with zero attached hydrogens (tertiary/aromatic N) is 1. The van der Waals surface area contributed by atoms with Gasteiger partial charge in [0.1, 0.15) is 11.6 Å². The summed E-state index contributed by atoms with van der Waals surface area (Å²) in [6, 6.07) is 5.37. The quantitative estimate of drug-likeness (QED) is 0.613. The van der Waals surface area contributed by atoms with Crippen molar-refractivity contribution in [2.75, 3.05) is 25.7 Å². The van der Waals surface area contributed by atoms with Crippen molar-refractivity contribution in [1.82, 2.24) is 4.90 Å². The van der Waals surface area contributed by atoms with Crippen LogP contribution in [-0.4, -0.2) is 50.9 Å². The molecule has 116 valence electrons. The fourth-order valence-corrected chi connectivity index (χ4v) is 4.40. The van der Waals surface area contributed by atoms with Gasteiger partial charge < -0.3 is 10.5 Å². The van der Waals surface area contributed by atoms with E-state index in [4.69, 9.17) is 15.9 Å². The molecule has 0 saturated carbocycles. The number of benzene rings is 1. The van der Waals surface area contributed by atoms with E-state index in [-0.39, 0.29) is 23.4 Å². The zero-order valence-electron chi connectivity index (χ0n) is 12.3. The summed E-state index contributed by atoms with van der Waals surface area (Å²) in [6.45, 7) is 0.560. The number of nitrogens with two attached hydrogens (primary N) is 1. The van der Waals surface area contributed by atoms with Crippen LogP contribution in [0.15, 0.2) is 18.2 Å². The highest BCUT2D eigenvalue weighted by Crippen LogP contribution is 2.24. The normalized spacial score (nSPS) is 20.6. The first-order chi connectivity index (χ1) is 9.82. The fraction of sp³-hybridized carbons (Fsp3) is 0.500. The molecule has 21 heavy (non-hydrogen) atoms. The summed E-state index contributed by atoms with van der Waals surface area (Å²) in [5, 5.41) is 7.51. The van der Waals surface area contributed by atoms with E-state index in [0.29, 0.717) is 24.3 Å². The lowest BCUT2D eigenvalue weighted by Crippen LogP contribution is -2.32. The highest BCUT2D eigenvalue weighted by molar-refractivity contribution is 7.91. The average molecular weight is 311 g/mol. The SMILES string of the molecule is COc1ccc(C(=N)N)cc1CN(C)C1CCS(=O)(=O)C1. The van der Waals surface area contributed by atoms with Gasteiger partial charge >= 0.3 is 0 Å². The van der Waals surface area contributed by atoms with E-state index in [1.54, 1.807) is 19.2 Å². The van der Waals surface area contributed by atoms with E-state index in [1.807, 2.05) is 18.0 Å². The Hall–Kier alpha value is -1.60. The third-order valence-corrected chi connectivity index (χ3v) is 5.59. The lowest BCUT2D eigenvalue weighted by atomic mass is 10.1. The molecule has 0 spiro atoms. The smallest absolute Gasteiger partial charge is 0.151 e. The molecule has 3 N–H and O–H groups in total. The lowest BCUT2D eigenvalue weighted by molar-refractivity contribution is 0.250. The number of sulfone groups is 1. The van der Waals surface area contributed by atoms with Crippen molar-refractivity contribution in [1.29, 1.82) is 5.41 Å². The second kappa shape index (κ2) is 6.03. The molecular weight excluding hydrogens is 290 g/mol. The molecule has 1 fully saturated rings. The number of nitrogen functional groups attached to an aromatic ring is 1. The summed E-state index contributed by atoms with van der Waals surface area (Å²) >= 11 is 0. The molecule has 1 aliphatic heterocycles. The number of ether oxygens (including phenoxy) is 1. The highest BCUT2D eigenvalue weighted by Gasteiger charge is 2.30. The fourth-order valence-electron chi connectivity index (χ4n) is 2.59. The molecule has 1 unspecified atom stereocenters. The van der Waals surface area contributed by atoms with Crippen molar-refractivity contribution >= 4 is 15.7 Å². The molecule has 1 atom stereocenters. The number of hydrogen-bond acceptors (Lipinski definition) is 5. The van der Waals surface area contributed by atoms with Crippen molar-refractivity contribution in [3.8, 4) is 5.75 Å². The van der Waals surface area contributed by atoms with E-state index in [9.17, 15) is 8.42 Å². The van der Waals surface area contributed by atoms with Crippen LogP contribution in [0.25, 0.3) is 0 Å². The topological polar surface area (TPSA) is 96.5 Å². The van der Waals surface area contributed by atoms with Crippen molar-refractivity contribution in [3.05, 3.63) is 29.3 Å². The summed E-state index contributed by atoms with van der Waals surface area (Å²) < 4.78 is 28.5. The molecule has 0 amide bonds. The van der Waals surface area contributed by atoms with Gasteiger partial charge in [0, 0.05) is 23.7 Å². The number of hydrogen-bond donors (Lipinski definition) is 2. The Labute approximate surface area is 125 Å². The molecule has 1 heterocycles. The lowest BCUT2D eigenvalue weighted by Gasteiger charge is -2.24. The summed E-state index contributed by atoms with van der Waals surface area (Å²) in [5.41, 5.74) is 7.05. The van der Waals surface area contributed by atoms with Crippen LogP contribution in [0.2, 0.25) is 0 Å². The largest absolute Gasteiger partial charge is 0.496 e. The standard InChI is InChI=1S/C14H21N3O3S/c1-17(12-5-6-21(18,19)9-12)8-11-7-10(14(15)16)3-4-13(11)20-2/h3-4,7,12H,5-6,8-9H2,1-2H3,(H3,15,16). The number of amidine groups is 1. The first-order valence-corrected chi connectivity index (χ1v) is 8.56. The van der Waals surface area contributed by atoms with Gasteiger partial charge in [0.05, 0.1) is 18.6 Å². The maximum Gasteiger partial charge on any atom is 0.151 e. The van der Waals surface area contributed by atoms with E-state index >= 15 is 0 Å². The Kier molecular flexibility index (Phi) is 4.53. The average Bonchev–Trinajstić information content (AvgIpc) is 2.79. The minimum Gasteiger partial charge on any atom is -0.496 e. The third-order valence-electron chi connectivity index (χ3n) is 3.84. The minimum atomic E-state index is -2.90. The second-order valence-corrected chi connectivity index (χ2v) is 7.64. The van der Waals surface area contributed by atoms with Crippen molar-refractivity contribution in [2.45, 2.75) is 19.0 Å². The molecule has 0 radical (unpaired) electrons. The summed E-state index contributed by atoms with van der Waals surface area (Å²) in [6.07, 6.45) is 0.660. The zero-order chi connectivity index (χ0) is 15.6. The highest BCUT2D eigenvalue weighted by atomic mass is 32.2. The zero-order valence-corrected chi connectivity index (χ0v) is 13.1. The molecule has 0 bridgehead atoms. The molecule has 0 aromatic heterocycles. The van der Waals surface area contributed by atoms with Crippen LogP contribution in [0.1, 0.15) is 17.5 Å². The molecule has 2 rings (SSSR count). The van der Waals surface area contributed by atoms with Crippen LogP contribution in [-0.2, 0) is 16.4 Å². The Balaban J connectivity index is 2.18. The Morgan fingerprint density at radius 3 is 2.76 bits per heavy atom. The summed E-state index contributed by atoms with van der Waals surface area (Å²) in [4.78, 5) is 2.02. The third kappa shape index (κ3) is 3.74. The van der Waals surface area contributed by atoms with E-state index in [2.05, 4.69) is 0 Å². The summed E-state index contributed by atoms with van der Waals surface area (Å²) in [7, 11) is 0.601. The van der Waals surface area contributed by atoms with Gasteiger partial charge in [0.25, 0.3) is 0 Å². The van der Waals surface area contributed by atoms with Gasteiger partial charge in [-0.3, -0.25) is 10.3 Å². The molecule has 6 nitrogen and oxygen atoms in total. The van der Waals surface area contributed by atoms with E-state index < -0.39 is 9.84 Å². The molecule has 1 aromatic carbocycles. The number of rotatable bonds is 5. The Morgan fingerprint density at radius 2 is 2.24 bits per heavy atom. The first kappa shape index (κ1) is 15.8. The van der Waals surface area contributed by atoms with Gasteiger partial charge in [-0.05, 0) is 31.7 Å². The second-order valence-electron chi connectivity index (χ2n) is 5.41. The predicted molar refractivity (Wildman–Crippen MR) is 82.5 cm³/mol. The number of nitrogens with one attached hydrogen (secondary N) is 1. The van der Waals surface area contributed by atoms with Crippen LogP contribution in [0.5, 0.6) is 5.75 Å². The van der Waals surface area contributed by atoms with Crippen LogP contribution >= 0.6 is 0 Å². The summed E-state index contributed by atoms with van der Waals surface area (Å²) in [5.74, 6) is 1.18. The van der Waals surface area contributed by atoms with E-state index in [1.165, 1.54) is 0 Å². The predicted octanol–water partition coefficient (Wildman–Crippen LogP) is 0.598. The maximum absolute atomic E-state index is 11.6. The van der Waals surface area contributed by atoms with Crippen LogP contribution in [0.3, 0.4) is 0 Å². The van der Waals surface area contributed by atoms with Gasteiger partial charge in [-0.2, -0.15) is 0 Å². The Morgan fingerprint density at radius 1 is 1.52 bits per heavy atom. The molecule has 7 heteroatoms. The van der Waals surface area contributed by atoms with Crippen molar-refractivity contribution < 1.29 is 13.2 Å². The Bertz CT molecular complexity index is 643. The molecule has 1 saturated heterocycles. The van der Waals surface area contributed by atoms with E-state index in [0.717, 1.165) is 5.56 Å². The van der Waals surface area contributed by atoms with Gasteiger partial charge in [0.2, 0.25) is 0 Å². The van der Waals surface area contributed by atoms with Gasteiger partial charge in [-0.1, -0.05) is 0 Å². The monoisotopic (exact) mass is 311 g/mol. The van der Waals surface area contributed by atoms with Crippen LogP contribution < -0.4 is 10.5 Å². The van der Waals surface area contributed by atoms with Gasteiger partial charge in [-0.25, -0.2) is 8.42 Å². The molecular formula is C14H21N3O3S. The van der Waals surface area contributed by atoms with Crippen LogP contribution in [0.4, 0.5) is 0 Å². The minimum absolute atomic E-state index is 0.00463. The number of methoxy groups -OCH3 is 1. The molecule has 0 aliphatic carbocycles. The van der Waals surface area contributed by atoms with Gasteiger partial charge in [0.15, 0.2) is 9.84 Å². The molecule has 1 aliphatic rings. The van der Waals surface area contributed by atoms with Gasteiger partial charge in [-0.15, -0.1) is 0 Å².